The second kappa shape index (κ2) is 11.4. The predicted octanol–water partition coefficient (Wildman–Crippen LogP) is 6.37. The Morgan fingerprint density at radius 3 is 2.80 bits per heavy atom. The van der Waals surface area contributed by atoms with Crippen LogP contribution in [0.25, 0.3) is 10.6 Å². The van der Waals surface area contributed by atoms with E-state index in [0.29, 0.717) is 22.7 Å². The summed E-state index contributed by atoms with van der Waals surface area (Å²) in [5.74, 6) is 0.754. The first kappa shape index (κ1) is 25.4. The lowest BCUT2D eigenvalue weighted by Gasteiger charge is -2.28. The summed E-state index contributed by atoms with van der Waals surface area (Å²) in [7, 11) is 1.44. The molecule has 0 bridgehead atoms. The van der Waals surface area contributed by atoms with E-state index in [1.165, 1.54) is 18.4 Å². The molecule has 3 aromatic rings. The van der Waals surface area contributed by atoms with E-state index in [1.54, 1.807) is 6.20 Å². The molecule has 0 aromatic carbocycles. The molecular weight excluding hydrogens is 486 g/mol. The second-order valence-corrected chi connectivity index (χ2v) is 10.7. The minimum atomic E-state index is -0.158. The molecule has 1 fully saturated rings. The van der Waals surface area contributed by atoms with Gasteiger partial charge in [-0.1, -0.05) is 25.4 Å². The van der Waals surface area contributed by atoms with Gasteiger partial charge in [-0.2, -0.15) is 4.98 Å². The summed E-state index contributed by atoms with van der Waals surface area (Å²) in [6.45, 7) is 6.37. The maximum absolute atomic E-state index is 11.9. The number of pyridine rings is 1. The van der Waals surface area contributed by atoms with E-state index in [1.807, 2.05) is 31.2 Å². The molecule has 2 atom stereocenters. The molecule has 0 radical (unpaired) electrons. The van der Waals surface area contributed by atoms with Crippen molar-refractivity contribution >= 4 is 28.9 Å². The minimum absolute atomic E-state index is 0.0269. The highest BCUT2D eigenvalue weighted by Gasteiger charge is 2.29. The van der Waals surface area contributed by atoms with E-state index >= 15 is 0 Å². The van der Waals surface area contributed by atoms with Crippen molar-refractivity contribution in [3.63, 3.8) is 0 Å². The normalized spacial score (nSPS) is 17.9. The lowest BCUT2D eigenvalue weighted by Crippen LogP contribution is -2.30. The van der Waals surface area contributed by atoms with E-state index in [9.17, 15) is 4.79 Å². The number of thiophene rings is 1. The van der Waals surface area contributed by atoms with Crippen LogP contribution in [0.3, 0.4) is 0 Å². The van der Waals surface area contributed by atoms with Crippen LogP contribution in [0.1, 0.15) is 62.4 Å². The third kappa shape index (κ3) is 6.30. The van der Waals surface area contributed by atoms with Crippen LogP contribution in [0.5, 0.6) is 11.8 Å². The van der Waals surface area contributed by atoms with Crippen LogP contribution in [-0.2, 0) is 16.1 Å². The molecule has 1 aliphatic rings. The van der Waals surface area contributed by atoms with E-state index in [-0.39, 0.29) is 24.6 Å². The first-order valence-electron chi connectivity index (χ1n) is 11.8. The molecule has 35 heavy (non-hydrogen) atoms. The van der Waals surface area contributed by atoms with E-state index in [4.69, 9.17) is 30.8 Å². The summed E-state index contributed by atoms with van der Waals surface area (Å²) >= 11 is 7.81. The lowest BCUT2D eigenvalue weighted by molar-refractivity contribution is -0.147. The Labute approximate surface area is 214 Å². The number of nitrogens with zero attached hydrogens (tertiary/aromatic N) is 3. The van der Waals surface area contributed by atoms with Crippen molar-refractivity contribution in [2.75, 3.05) is 7.11 Å². The Kier molecular flexibility index (Phi) is 8.23. The highest BCUT2D eigenvalue weighted by Crippen LogP contribution is 2.37. The molecule has 3 heterocycles. The molecule has 0 N–H and O–H groups in total. The molecule has 3 aromatic heterocycles. The Balaban J connectivity index is 1.47. The molecule has 0 saturated heterocycles. The van der Waals surface area contributed by atoms with Crippen molar-refractivity contribution in [1.29, 1.82) is 0 Å². The topological polar surface area (TPSA) is 83.4 Å². The zero-order valence-electron chi connectivity index (χ0n) is 20.4. The van der Waals surface area contributed by atoms with Gasteiger partial charge in [0, 0.05) is 11.8 Å². The summed E-state index contributed by atoms with van der Waals surface area (Å²) in [6, 6.07) is 8.00. The fourth-order valence-corrected chi connectivity index (χ4v) is 5.44. The van der Waals surface area contributed by atoms with Gasteiger partial charge in [0.2, 0.25) is 0 Å². The lowest BCUT2D eigenvalue weighted by atomic mass is 9.87. The van der Waals surface area contributed by atoms with Crippen molar-refractivity contribution in [3.8, 4) is 22.3 Å². The van der Waals surface area contributed by atoms with Gasteiger partial charge in [-0.25, -0.2) is 9.97 Å². The van der Waals surface area contributed by atoms with Crippen LogP contribution in [0.4, 0.5) is 0 Å². The van der Waals surface area contributed by atoms with Crippen LogP contribution < -0.4 is 9.47 Å². The van der Waals surface area contributed by atoms with Gasteiger partial charge in [0.1, 0.15) is 12.4 Å². The number of esters is 1. The number of rotatable bonds is 8. The number of hydrogen-bond acceptors (Lipinski definition) is 8. The molecule has 186 valence electrons. The van der Waals surface area contributed by atoms with Gasteiger partial charge in [0.25, 0.3) is 0 Å². The van der Waals surface area contributed by atoms with Crippen LogP contribution in [0.15, 0.2) is 30.5 Å². The molecule has 1 aliphatic carbocycles. The Hall–Kier alpha value is -2.71. The number of carbonyl (C=O) groups excluding carboxylic acids is 1. The number of carbonyl (C=O) groups is 1. The third-order valence-electron chi connectivity index (χ3n) is 6.11. The van der Waals surface area contributed by atoms with Crippen molar-refractivity contribution in [1.82, 2.24) is 15.0 Å². The Morgan fingerprint density at radius 2 is 2.06 bits per heavy atom. The van der Waals surface area contributed by atoms with Gasteiger partial charge >= 0.3 is 12.0 Å². The van der Waals surface area contributed by atoms with E-state index in [0.717, 1.165) is 52.5 Å². The monoisotopic (exact) mass is 515 g/mol. The maximum Gasteiger partial charge on any atom is 0.316 e. The summed E-state index contributed by atoms with van der Waals surface area (Å²) in [6.07, 6.45) is 5.05. The fraction of sp³-hybridized carbons (Fsp3) is 0.462. The Morgan fingerprint density at radius 1 is 1.23 bits per heavy atom. The molecule has 0 spiro atoms. The number of hydrogen-bond donors (Lipinski definition) is 0. The molecule has 4 rings (SSSR count). The molecule has 9 heteroatoms. The zero-order chi connectivity index (χ0) is 24.9. The smallest absolute Gasteiger partial charge is 0.316 e. The van der Waals surface area contributed by atoms with E-state index in [2.05, 4.69) is 23.8 Å². The SMILES string of the molecule is COC(=O)[C@H]1CCC[C@H](Oc2ccc(-c3sc(Cl)cc3COc3nccc(C(C)C)n3)nc2C)C1. The summed E-state index contributed by atoms with van der Waals surface area (Å²) in [5, 5.41) is 0. The highest BCUT2D eigenvalue weighted by atomic mass is 35.5. The fourth-order valence-electron chi connectivity index (χ4n) is 4.22. The van der Waals surface area contributed by atoms with E-state index < -0.39 is 0 Å². The number of aryl methyl sites for hydroxylation is 1. The van der Waals surface area contributed by atoms with Crippen LogP contribution in [0.2, 0.25) is 4.34 Å². The maximum atomic E-state index is 11.9. The number of ether oxygens (including phenoxy) is 3. The van der Waals surface area contributed by atoms with Gasteiger partial charge in [-0.05, 0) is 62.8 Å². The summed E-state index contributed by atoms with van der Waals surface area (Å²) in [5.41, 5.74) is 3.44. The average Bonchev–Trinajstić information content (AvgIpc) is 3.24. The largest absolute Gasteiger partial charge is 0.489 e. The van der Waals surface area contributed by atoms with Gasteiger partial charge in [-0.15, -0.1) is 11.3 Å². The van der Waals surface area contributed by atoms with Crippen molar-refractivity contribution in [3.05, 3.63) is 51.7 Å². The molecule has 0 amide bonds. The Bertz CT molecular complexity index is 1180. The predicted molar refractivity (Wildman–Crippen MR) is 136 cm³/mol. The minimum Gasteiger partial charge on any atom is -0.489 e. The van der Waals surface area contributed by atoms with Crippen LogP contribution in [0, 0.1) is 12.8 Å². The quantitative estimate of drug-likeness (QED) is 0.322. The first-order chi connectivity index (χ1) is 16.8. The summed E-state index contributed by atoms with van der Waals surface area (Å²) < 4.78 is 17.7. The molecular formula is C26H30ClN3O4S. The number of aromatic nitrogens is 3. The second-order valence-electron chi connectivity index (χ2n) is 9.02. The van der Waals surface area contributed by atoms with Crippen molar-refractivity contribution in [2.45, 2.75) is 65.1 Å². The number of methoxy groups -OCH3 is 1. The first-order valence-corrected chi connectivity index (χ1v) is 13.0. The van der Waals surface area contributed by atoms with Crippen molar-refractivity contribution < 1.29 is 19.0 Å². The summed E-state index contributed by atoms with van der Waals surface area (Å²) in [4.78, 5) is 26.4. The van der Waals surface area contributed by atoms with Gasteiger partial charge in [0.05, 0.1) is 45.4 Å². The molecule has 0 aliphatic heterocycles. The molecule has 7 nitrogen and oxygen atoms in total. The third-order valence-corrected chi connectivity index (χ3v) is 7.44. The highest BCUT2D eigenvalue weighted by molar-refractivity contribution is 7.19. The van der Waals surface area contributed by atoms with Crippen LogP contribution >= 0.6 is 22.9 Å². The van der Waals surface area contributed by atoms with Gasteiger partial charge in [-0.3, -0.25) is 4.79 Å². The zero-order valence-corrected chi connectivity index (χ0v) is 22.0. The van der Waals surface area contributed by atoms with Crippen LogP contribution in [-0.4, -0.2) is 34.1 Å². The van der Waals surface area contributed by atoms with Gasteiger partial charge in [0.15, 0.2) is 0 Å². The molecule has 0 unspecified atom stereocenters. The van der Waals surface area contributed by atoms with Crippen molar-refractivity contribution in [2.24, 2.45) is 5.92 Å². The molecule has 1 saturated carbocycles. The average molecular weight is 516 g/mol. The van der Waals surface area contributed by atoms with Gasteiger partial charge < -0.3 is 14.2 Å². The number of halogens is 1. The standard InChI is InChI=1S/C26H30ClN3O4S/c1-15(2)20-10-11-28-26(30-20)33-14-18-13-23(27)35-24(18)21-8-9-22(16(3)29-21)34-19-7-5-6-17(12-19)25(31)32-4/h8-11,13,15,17,19H,5-7,12,14H2,1-4H3/t17-,19-/m0/s1.